The summed E-state index contributed by atoms with van der Waals surface area (Å²) in [4.78, 5) is 2.27. The van der Waals surface area contributed by atoms with Gasteiger partial charge in [0.15, 0.2) is 0 Å². The number of hydrogen-bond donors (Lipinski definition) is 1. The van der Waals surface area contributed by atoms with Gasteiger partial charge in [-0.3, -0.25) is 0 Å². The van der Waals surface area contributed by atoms with E-state index in [1.807, 2.05) is 19.9 Å². The Labute approximate surface area is 98.9 Å². The quantitative estimate of drug-likeness (QED) is 0.797. The molecule has 0 fully saturated rings. The molecule has 0 radical (unpaired) electrons. The first kappa shape index (κ1) is 13.2. The highest BCUT2D eigenvalue weighted by molar-refractivity contribution is 5.14. The highest BCUT2D eigenvalue weighted by Crippen LogP contribution is 2.08. The van der Waals surface area contributed by atoms with Crippen LogP contribution < -0.4 is 0 Å². The third kappa shape index (κ3) is 5.89. The lowest BCUT2D eigenvalue weighted by atomic mass is 10.1. The molecule has 0 atom stereocenters. The lowest BCUT2D eigenvalue weighted by molar-refractivity contribution is 0.0609. The van der Waals surface area contributed by atoms with Gasteiger partial charge in [-0.2, -0.15) is 0 Å². The molecule has 0 aromatic heterocycles. The number of rotatable bonds is 6. The van der Waals surface area contributed by atoms with Crippen LogP contribution in [-0.2, 0) is 6.42 Å². The summed E-state index contributed by atoms with van der Waals surface area (Å²) in [5.41, 5.74) is 0.818. The summed E-state index contributed by atoms with van der Waals surface area (Å²) in [6.07, 6.45) is 1.89. The van der Waals surface area contributed by atoms with Gasteiger partial charge in [0.05, 0.1) is 5.60 Å². The maximum Gasteiger partial charge on any atom is 0.0603 e. The van der Waals surface area contributed by atoms with E-state index in [9.17, 15) is 5.11 Å². The Morgan fingerprint density at radius 1 is 1.12 bits per heavy atom. The Hall–Kier alpha value is -0.860. The van der Waals surface area contributed by atoms with Crippen LogP contribution in [0.1, 0.15) is 25.8 Å². The minimum Gasteiger partial charge on any atom is -0.390 e. The van der Waals surface area contributed by atoms with Crippen molar-refractivity contribution in [2.45, 2.75) is 32.3 Å². The van der Waals surface area contributed by atoms with Gasteiger partial charge in [0, 0.05) is 13.1 Å². The van der Waals surface area contributed by atoms with Crippen molar-refractivity contribution in [2.24, 2.45) is 0 Å². The molecule has 0 heterocycles. The van der Waals surface area contributed by atoms with Crippen LogP contribution in [0.5, 0.6) is 0 Å². The van der Waals surface area contributed by atoms with Crippen molar-refractivity contribution >= 4 is 0 Å². The van der Waals surface area contributed by atoms with Gasteiger partial charge in [-0.1, -0.05) is 30.3 Å². The van der Waals surface area contributed by atoms with Crippen molar-refractivity contribution in [1.82, 2.24) is 4.90 Å². The predicted octanol–water partition coefficient (Wildman–Crippen LogP) is 2.32. The molecule has 0 unspecified atom stereocenters. The second kappa shape index (κ2) is 6.02. The Bertz CT molecular complexity index is 289. The SMILES string of the molecule is CN(CCc1ccccc1)CCC(C)(C)O. The summed E-state index contributed by atoms with van der Waals surface area (Å²) in [5.74, 6) is 0. The second-order valence-corrected chi connectivity index (χ2v) is 5.10. The molecule has 0 aliphatic carbocycles. The maximum atomic E-state index is 9.63. The summed E-state index contributed by atoms with van der Waals surface area (Å²) >= 11 is 0. The van der Waals surface area contributed by atoms with Crippen LogP contribution in [0.15, 0.2) is 30.3 Å². The van der Waals surface area contributed by atoms with Gasteiger partial charge in [0.2, 0.25) is 0 Å². The standard InChI is InChI=1S/C14H23NO/c1-14(2,16)10-12-15(3)11-9-13-7-5-4-6-8-13/h4-8,16H,9-12H2,1-3H3. The minimum absolute atomic E-state index is 0.555. The van der Waals surface area contributed by atoms with Crippen molar-refractivity contribution in [1.29, 1.82) is 0 Å². The van der Waals surface area contributed by atoms with Crippen molar-refractivity contribution in [3.05, 3.63) is 35.9 Å². The van der Waals surface area contributed by atoms with Crippen LogP contribution in [-0.4, -0.2) is 35.7 Å². The smallest absolute Gasteiger partial charge is 0.0603 e. The van der Waals surface area contributed by atoms with Gasteiger partial charge >= 0.3 is 0 Å². The molecule has 90 valence electrons. The van der Waals surface area contributed by atoms with E-state index in [1.165, 1.54) is 5.56 Å². The summed E-state index contributed by atoms with van der Waals surface area (Å²) in [7, 11) is 2.11. The van der Waals surface area contributed by atoms with E-state index in [4.69, 9.17) is 0 Å². The molecule has 16 heavy (non-hydrogen) atoms. The van der Waals surface area contributed by atoms with E-state index in [1.54, 1.807) is 0 Å². The van der Waals surface area contributed by atoms with Gasteiger partial charge in [0.25, 0.3) is 0 Å². The number of nitrogens with zero attached hydrogens (tertiary/aromatic N) is 1. The van der Waals surface area contributed by atoms with Gasteiger partial charge < -0.3 is 10.0 Å². The van der Waals surface area contributed by atoms with Crippen molar-refractivity contribution in [3.63, 3.8) is 0 Å². The highest BCUT2D eigenvalue weighted by atomic mass is 16.3. The summed E-state index contributed by atoms with van der Waals surface area (Å²) in [6.45, 7) is 5.70. The molecule has 1 aromatic rings. The average Bonchev–Trinajstić information content (AvgIpc) is 2.24. The van der Waals surface area contributed by atoms with Crippen LogP contribution >= 0.6 is 0 Å². The molecule has 0 bridgehead atoms. The highest BCUT2D eigenvalue weighted by Gasteiger charge is 2.12. The zero-order valence-corrected chi connectivity index (χ0v) is 10.6. The summed E-state index contributed by atoms with van der Waals surface area (Å²) in [5, 5.41) is 9.63. The molecule has 0 aliphatic heterocycles. The Kier molecular flexibility index (Phi) is 4.97. The van der Waals surface area contributed by atoms with Crippen molar-refractivity contribution < 1.29 is 5.11 Å². The van der Waals surface area contributed by atoms with Crippen LogP contribution in [0.3, 0.4) is 0 Å². The first-order chi connectivity index (χ1) is 7.47. The molecule has 2 heteroatoms. The molecule has 1 rings (SSSR count). The van der Waals surface area contributed by atoms with Gasteiger partial charge in [-0.05, 0) is 39.3 Å². The van der Waals surface area contributed by atoms with Crippen LogP contribution in [0.4, 0.5) is 0 Å². The number of hydrogen-bond acceptors (Lipinski definition) is 2. The van der Waals surface area contributed by atoms with E-state index in [0.717, 1.165) is 25.9 Å². The third-order valence-corrected chi connectivity index (χ3v) is 2.73. The van der Waals surface area contributed by atoms with E-state index >= 15 is 0 Å². The predicted molar refractivity (Wildman–Crippen MR) is 68.6 cm³/mol. The van der Waals surface area contributed by atoms with Crippen LogP contribution in [0.2, 0.25) is 0 Å². The first-order valence-electron chi connectivity index (χ1n) is 5.92. The topological polar surface area (TPSA) is 23.5 Å². The molecule has 0 saturated heterocycles. The Morgan fingerprint density at radius 2 is 1.75 bits per heavy atom. The lowest BCUT2D eigenvalue weighted by Crippen LogP contribution is -2.29. The largest absolute Gasteiger partial charge is 0.390 e. The fourth-order valence-electron chi connectivity index (χ4n) is 1.54. The molecule has 1 N–H and O–H groups in total. The minimum atomic E-state index is -0.555. The molecule has 1 aromatic carbocycles. The fraction of sp³-hybridized carbons (Fsp3) is 0.571. The van der Waals surface area contributed by atoms with E-state index < -0.39 is 5.60 Å². The maximum absolute atomic E-state index is 9.63. The number of likely N-dealkylation sites (N-methyl/N-ethyl adjacent to an activating group) is 1. The zero-order chi connectivity index (χ0) is 12.0. The van der Waals surface area contributed by atoms with Gasteiger partial charge in [0.1, 0.15) is 0 Å². The van der Waals surface area contributed by atoms with Crippen LogP contribution in [0.25, 0.3) is 0 Å². The van der Waals surface area contributed by atoms with Crippen LogP contribution in [0, 0.1) is 0 Å². The molecular weight excluding hydrogens is 198 g/mol. The monoisotopic (exact) mass is 221 g/mol. The average molecular weight is 221 g/mol. The third-order valence-electron chi connectivity index (χ3n) is 2.73. The zero-order valence-electron chi connectivity index (χ0n) is 10.6. The Balaban J connectivity index is 2.23. The van der Waals surface area contributed by atoms with Crippen molar-refractivity contribution in [3.8, 4) is 0 Å². The Morgan fingerprint density at radius 3 is 2.31 bits per heavy atom. The summed E-state index contributed by atoms with van der Waals surface area (Å²) in [6, 6.07) is 10.5. The second-order valence-electron chi connectivity index (χ2n) is 5.10. The molecule has 0 amide bonds. The van der Waals surface area contributed by atoms with E-state index in [2.05, 4.69) is 36.2 Å². The number of benzene rings is 1. The molecule has 0 aliphatic rings. The fourth-order valence-corrected chi connectivity index (χ4v) is 1.54. The normalized spacial score (nSPS) is 12.1. The van der Waals surface area contributed by atoms with E-state index in [-0.39, 0.29) is 0 Å². The van der Waals surface area contributed by atoms with E-state index in [0.29, 0.717) is 0 Å². The van der Waals surface area contributed by atoms with Gasteiger partial charge in [-0.25, -0.2) is 0 Å². The van der Waals surface area contributed by atoms with Gasteiger partial charge in [-0.15, -0.1) is 0 Å². The number of aliphatic hydroxyl groups is 1. The van der Waals surface area contributed by atoms with Crippen molar-refractivity contribution in [2.75, 3.05) is 20.1 Å². The lowest BCUT2D eigenvalue weighted by Gasteiger charge is -2.22. The molecule has 0 saturated carbocycles. The molecule has 2 nitrogen and oxygen atoms in total. The first-order valence-corrected chi connectivity index (χ1v) is 5.92. The molecule has 0 spiro atoms. The molecular formula is C14H23NO. The summed E-state index contributed by atoms with van der Waals surface area (Å²) < 4.78 is 0.